The molecule has 3 aromatic rings. The van der Waals surface area contributed by atoms with Gasteiger partial charge in [0.25, 0.3) is 5.91 Å². The van der Waals surface area contributed by atoms with Gasteiger partial charge in [-0.3, -0.25) is 14.9 Å². The average molecular weight is 492 g/mol. The lowest BCUT2D eigenvalue weighted by Gasteiger charge is -2.27. The molecule has 9 heteroatoms. The van der Waals surface area contributed by atoms with E-state index >= 15 is 0 Å². The Morgan fingerprint density at radius 1 is 1.03 bits per heavy atom. The number of anilines is 1. The molecule has 0 radical (unpaired) electrons. The van der Waals surface area contributed by atoms with Gasteiger partial charge < -0.3 is 15.2 Å². The first-order valence-electron chi connectivity index (χ1n) is 11.6. The molecule has 0 aliphatic heterocycles. The lowest BCUT2D eigenvalue weighted by Crippen LogP contribution is -2.40. The molecule has 1 saturated carbocycles. The summed E-state index contributed by atoms with van der Waals surface area (Å²) in [5.74, 6) is -1.68. The average Bonchev–Trinajstić information content (AvgIpc) is 3.46. The first-order chi connectivity index (χ1) is 17.0. The van der Waals surface area contributed by atoms with Crippen molar-refractivity contribution < 1.29 is 24.2 Å². The lowest BCUT2D eigenvalue weighted by molar-refractivity contribution is -0.143. The zero-order valence-electron chi connectivity index (χ0n) is 18.9. The molecule has 2 aromatic carbocycles. The van der Waals surface area contributed by atoms with Crippen molar-refractivity contribution in [2.24, 2.45) is 5.92 Å². The Morgan fingerprint density at radius 2 is 1.71 bits per heavy atom. The molecule has 35 heavy (non-hydrogen) atoms. The molecule has 1 aromatic heterocycles. The number of aromatic nitrogens is 1. The van der Waals surface area contributed by atoms with Crippen LogP contribution in [-0.2, 0) is 9.53 Å². The van der Waals surface area contributed by atoms with Gasteiger partial charge in [0.05, 0.1) is 5.92 Å². The standard InChI is InChI=1S/C26H25N3O5S/c30-23(27-16-7-5-6-15(12-16)24(31)32)22-14-35-25(28-22)29-26(33)34-13-21-19-10-3-1-8-17(19)18-9-2-4-11-20(18)21/h1-4,8-11,14-16,21H,5-7,12-13H2,(H,27,30)(H,31,32)(H,28,29,33)/t15-,16+/m1/s1. The molecule has 2 aliphatic carbocycles. The van der Waals surface area contributed by atoms with E-state index in [9.17, 15) is 19.5 Å². The molecule has 0 unspecified atom stereocenters. The minimum Gasteiger partial charge on any atom is -0.481 e. The van der Waals surface area contributed by atoms with Crippen molar-refractivity contribution >= 4 is 34.4 Å². The van der Waals surface area contributed by atoms with Crippen LogP contribution in [0.3, 0.4) is 0 Å². The van der Waals surface area contributed by atoms with Crippen LogP contribution in [0.5, 0.6) is 0 Å². The Balaban J connectivity index is 1.17. The fourth-order valence-electron chi connectivity index (χ4n) is 4.96. The van der Waals surface area contributed by atoms with Crippen LogP contribution in [0.15, 0.2) is 53.9 Å². The second-order valence-corrected chi connectivity index (χ2v) is 9.72. The van der Waals surface area contributed by atoms with Crippen LogP contribution in [0.1, 0.15) is 53.2 Å². The number of nitrogens with one attached hydrogen (secondary N) is 2. The van der Waals surface area contributed by atoms with Crippen LogP contribution in [0.25, 0.3) is 11.1 Å². The molecule has 0 saturated heterocycles. The predicted octanol–water partition coefficient (Wildman–Crippen LogP) is 4.88. The quantitative estimate of drug-likeness (QED) is 0.453. The van der Waals surface area contributed by atoms with Gasteiger partial charge in [-0.1, -0.05) is 55.0 Å². The van der Waals surface area contributed by atoms with E-state index in [0.29, 0.717) is 12.8 Å². The van der Waals surface area contributed by atoms with E-state index in [1.54, 1.807) is 5.38 Å². The predicted molar refractivity (Wildman–Crippen MR) is 132 cm³/mol. The van der Waals surface area contributed by atoms with Gasteiger partial charge in [0, 0.05) is 17.3 Å². The maximum absolute atomic E-state index is 12.6. The third-order valence-corrected chi connectivity index (χ3v) is 7.41. The van der Waals surface area contributed by atoms with Crippen molar-refractivity contribution in [2.75, 3.05) is 11.9 Å². The largest absolute Gasteiger partial charge is 0.481 e. The molecule has 8 nitrogen and oxygen atoms in total. The fourth-order valence-corrected chi connectivity index (χ4v) is 5.64. The van der Waals surface area contributed by atoms with Crippen LogP contribution in [0.2, 0.25) is 0 Å². The van der Waals surface area contributed by atoms with Crippen molar-refractivity contribution in [3.8, 4) is 11.1 Å². The van der Waals surface area contributed by atoms with E-state index in [1.165, 1.54) is 0 Å². The summed E-state index contributed by atoms with van der Waals surface area (Å²) in [6, 6.07) is 16.0. The Labute approximate surface area is 206 Å². The number of carbonyl (C=O) groups is 3. The van der Waals surface area contributed by atoms with Gasteiger partial charge in [-0.25, -0.2) is 9.78 Å². The summed E-state index contributed by atoms with van der Waals surface area (Å²) in [6.45, 7) is 0.186. The number of nitrogens with zero attached hydrogens (tertiary/aromatic N) is 1. The van der Waals surface area contributed by atoms with E-state index in [1.807, 2.05) is 24.3 Å². The number of carboxylic acids is 1. The summed E-state index contributed by atoms with van der Waals surface area (Å²) in [5.41, 5.74) is 4.74. The molecule has 2 amide bonds. The minimum atomic E-state index is -0.827. The molecule has 3 N–H and O–H groups in total. The van der Waals surface area contributed by atoms with Gasteiger partial charge >= 0.3 is 12.1 Å². The number of aliphatic carboxylic acids is 1. The Morgan fingerprint density at radius 3 is 2.40 bits per heavy atom. The van der Waals surface area contributed by atoms with Gasteiger partial charge in [-0.15, -0.1) is 11.3 Å². The van der Waals surface area contributed by atoms with Crippen molar-refractivity contribution in [3.63, 3.8) is 0 Å². The SMILES string of the molecule is O=C(Nc1nc(C(=O)N[C@H]2CCC[C@@H](C(=O)O)C2)cs1)OCC1c2ccccc2-c2ccccc21. The first kappa shape index (κ1) is 23.0. The molecular formula is C26H25N3O5S. The number of rotatable bonds is 6. The summed E-state index contributed by atoms with van der Waals surface area (Å²) >= 11 is 1.13. The summed E-state index contributed by atoms with van der Waals surface area (Å²) in [7, 11) is 0. The summed E-state index contributed by atoms with van der Waals surface area (Å²) < 4.78 is 5.53. The van der Waals surface area contributed by atoms with Gasteiger partial charge in [0.1, 0.15) is 12.3 Å². The number of hydrogen-bond donors (Lipinski definition) is 3. The highest BCUT2D eigenvalue weighted by molar-refractivity contribution is 7.14. The van der Waals surface area contributed by atoms with Crippen LogP contribution in [0, 0.1) is 5.92 Å². The third kappa shape index (κ3) is 4.90. The Hall–Kier alpha value is -3.72. The molecule has 5 rings (SSSR count). The maximum Gasteiger partial charge on any atom is 0.413 e. The number of thiazole rings is 1. The number of carbonyl (C=O) groups excluding carboxylic acids is 2. The second kappa shape index (κ2) is 9.87. The van der Waals surface area contributed by atoms with E-state index in [0.717, 1.165) is 46.4 Å². The summed E-state index contributed by atoms with van der Waals surface area (Å²) in [6.07, 6.45) is 1.91. The lowest BCUT2D eigenvalue weighted by atomic mass is 9.86. The topological polar surface area (TPSA) is 118 Å². The highest BCUT2D eigenvalue weighted by Gasteiger charge is 2.30. The number of hydrogen-bond acceptors (Lipinski definition) is 6. The molecule has 0 bridgehead atoms. The van der Waals surface area contributed by atoms with Crippen LogP contribution in [0.4, 0.5) is 9.93 Å². The Bertz CT molecular complexity index is 1230. The second-order valence-electron chi connectivity index (χ2n) is 8.86. The van der Waals surface area contributed by atoms with Crippen LogP contribution >= 0.6 is 11.3 Å². The zero-order chi connectivity index (χ0) is 24.4. The zero-order valence-corrected chi connectivity index (χ0v) is 19.7. The smallest absolute Gasteiger partial charge is 0.413 e. The highest BCUT2D eigenvalue weighted by atomic mass is 32.1. The van der Waals surface area contributed by atoms with E-state index < -0.39 is 18.0 Å². The van der Waals surface area contributed by atoms with E-state index in [4.69, 9.17) is 4.74 Å². The monoisotopic (exact) mass is 491 g/mol. The van der Waals surface area contributed by atoms with E-state index in [-0.39, 0.29) is 35.3 Å². The van der Waals surface area contributed by atoms with Gasteiger partial charge in [0.15, 0.2) is 5.13 Å². The fraction of sp³-hybridized carbons (Fsp3) is 0.308. The minimum absolute atomic E-state index is 0.0455. The van der Waals surface area contributed by atoms with Crippen LogP contribution < -0.4 is 10.6 Å². The number of ether oxygens (including phenoxy) is 1. The number of carboxylic acid groups (broad SMARTS) is 1. The first-order valence-corrected chi connectivity index (χ1v) is 12.5. The molecular weight excluding hydrogens is 466 g/mol. The summed E-state index contributed by atoms with van der Waals surface area (Å²) in [4.78, 5) is 40.5. The maximum atomic E-state index is 12.6. The third-order valence-electron chi connectivity index (χ3n) is 6.65. The van der Waals surface area contributed by atoms with Crippen molar-refractivity contribution in [1.82, 2.24) is 10.3 Å². The summed E-state index contributed by atoms with van der Waals surface area (Å²) in [5, 5.41) is 16.5. The van der Waals surface area contributed by atoms with E-state index in [2.05, 4.69) is 39.9 Å². The van der Waals surface area contributed by atoms with Gasteiger partial charge in [0.2, 0.25) is 0 Å². The van der Waals surface area contributed by atoms with Gasteiger partial charge in [-0.2, -0.15) is 0 Å². The van der Waals surface area contributed by atoms with Gasteiger partial charge in [-0.05, 0) is 41.5 Å². The number of fused-ring (bicyclic) bond motifs is 3. The molecule has 2 aliphatic rings. The number of benzene rings is 2. The number of amides is 2. The van der Waals surface area contributed by atoms with Crippen molar-refractivity contribution in [2.45, 2.75) is 37.6 Å². The molecule has 2 atom stereocenters. The molecule has 180 valence electrons. The van der Waals surface area contributed by atoms with Crippen molar-refractivity contribution in [3.05, 3.63) is 70.7 Å². The van der Waals surface area contributed by atoms with Crippen molar-refractivity contribution in [1.29, 1.82) is 0 Å². The molecule has 0 spiro atoms. The molecule has 1 fully saturated rings. The van der Waals surface area contributed by atoms with Crippen LogP contribution in [-0.4, -0.2) is 40.7 Å². The Kier molecular flexibility index (Phi) is 6.50. The highest BCUT2D eigenvalue weighted by Crippen LogP contribution is 2.44. The molecule has 1 heterocycles. The normalized spacial score (nSPS) is 18.9.